The minimum absolute atomic E-state index is 0.0248. The zero-order valence-corrected chi connectivity index (χ0v) is 12.6. The Bertz CT molecular complexity index is 333. The minimum Gasteiger partial charge on any atom is -0.461 e. The normalized spacial score (nSPS) is 17.6. The van der Waals surface area contributed by atoms with Crippen molar-refractivity contribution < 1.29 is 19.1 Å². The average molecular weight is 286 g/mol. The van der Waals surface area contributed by atoms with Gasteiger partial charge in [-0.25, -0.2) is 9.59 Å². The maximum Gasteiger partial charge on any atom is 0.408 e. The van der Waals surface area contributed by atoms with Crippen LogP contribution in [0.2, 0.25) is 0 Å². The second-order valence-electron chi connectivity index (χ2n) is 6.12. The number of ether oxygens (including phenoxy) is 2. The van der Waals surface area contributed by atoms with Crippen molar-refractivity contribution in [3.8, 4) is 0 Å². The van der Waals surface area contributed by atoms with Crippen LogP contribution < -0.4 is 11.1 Å². The molecule has 1 aliphatic rings. The van der Waals surface area contributed by atoms with Crippen LogP contribution in [0.4, 0.5) is 4.79 Å². The first-order valence-electron chi connectivity index (χ1n) is 7.22. The predicted molar refractivity (Wildman–Crippen MR) is 75.2 cm³/mol. The summed E-state index contributed by atoms with van der Waals surface area (Å²) < 4.78 is 10.5. The van der Waals surface area contributed by atoms with Gasteiger partial charge in [0, 0.05) is 0 Å². The summed E-state index contributed by atoms with van der Waals surface area (Å²) in [6.45, 7) is 5.59. The monoisotopic (exact) mass is 286 g/mol. The Morgan fingerprint density at radius 2 is 1.90 bits per heavy atom. The molecule has 0 heterocycles. The molecule has 1 saturated carbocycles. The third-order valence-electron chi connectivity index (χ3n) is 3.02. The molecule has 0 aliphatic heterocycles. The summed E-state index contributed by atoms with van der Waals surface area (Å²) in [5, 5.41) is 2.53. The highest BCUT2D eigenvalue weighted by Gasteiger charge is 2.28. The molecular formula is C14H26N2O4. The molecule has 0 radical (unpaired) electrons. The Balaban J connectivity index is 2.49. The van der Waals surface area contributed by atoms with Gasteiger partial charge >= 0.3 is 12.1 Å². The second-order valence-corrected chi connectivity index (χ2v) is 6.12. The molecule has 6 heteroatoms. The van der Waals surface area contributed by atoms with E-state index in [4.69, 9.17) is 15.2 Å². The molecule has 0 unspecified atom stereocenters. The Hall–Kier alpha value is -1.30. The molecule has 20 heavy (non-hydrogen) atoms. The van der Waals surface area contributed by atoms with Gasteiger partial charge in [0.1, 0.15) is 17.7 Å². The predicted octanol–water partition coefficient (Wildman–Crippen LogP) is 1.71. The van der Waals surface area contributed by atoms with Crippen molar-refractivity contribution in [1.82, 2.24) is 5.32 Å². The van der Waals surface area contributed by atoms with Crippen molar-refractivity contribution in [2.75, 3.05) is 6.54 Å². The summed E-state index contributed by atoms with van der Waals surface area (Å²) in [4.78, 5) is 23.7. The average Bonchev–Trinajstić information content (AvgIpc) is 2.78. The molecular weight excluding hydrogens is 260 g/mol. The lowest BCUT2D eigenvalue weighted by Gasteiger charge is -2.23. The van der Waals surface area contributed by atoms with Gasteiger partial charge in [0.15, 0.2) is 0 Å². The van der Waals surface area contributed by atoms with Gasteiger partial charge in [-0.2, -0.15) is 0 Å². The van der Waals surface area contributed by atoms with Gasteiger partial charge in [-0.3, -0.25) is 0 Å². The first-order chi connectivity index (χ1) is 9.31. The molecule has 116 valence electrons. The molecule has 1 rings (SSSR count). The van der Waals surface area contributed by atoms with Crippen LogP contribution >= 0.6 is 0 Å². The Labute approximate surface area is 120 Å². The van der Waals surface area contributed by atoms with Crippen LogP contribution in [-0.4, -0.2) is 36.4 Å². The Morgan fingerprint density at radius 1 is 1.30 bits per heavy atom. The van der Waals surface area contributed by atoms with Crippen LogP contribution in [0.25, 0.3) is 0 Å². The molecule has 6 nitrogen and oxygen atoms in total. The van der Waals surface area contributed by atoms with E-state index in [0.29, 0.717) is 13.0 Å². The van der Waals surface area contributed by atoms with Gasteiger partial charge in [-0.05, 0) is 59.4 Å². The van der Waals surface area contributed by atoms with Crippen LogP contribution in [0.3, 0.4) is 0 Å². The fraction of sp³-hybridized carbons (Fsp3) is 0.857. The van der Waals surface area contributed by atoms with Crippen LogP contribution in [-0.2, 0) is 14.3 Å². The van der Waals surface area contributed by atoms with Crippen molar-refractivity contribution in [2.45, 2.75) is 70.6 Å². The standard InChI is InChI=1S/C14H26N2O4/c1-14(2,3)20-13(18)16-11(8-9-15)12(17)19-10-6-4-5-7-10/h10-11H,4-9,15H2,1-3H3,(H,16,18)/t11-/m0/s1. The highest BCUT2D eigenvalue weighted by Crippen LogP contribution is 2.21. The summed E-state index contributed by atoms with van der Waals surface area (Å²) in [7, 11) is 0. The largest absolute Gasteiger partial charge is 0.461 e. The number of alkyl carbamates (subject to hydrolysis) is 1. The van der Waals surface area contributed by atoms with Gasteiger partial charge in [-0.15, -0.1) is 0 Å². The number of rotatable bonds is 5. The van der Waals surface area contributed by atoms with Crippen LogP contribution in [0.15, 0.2) is 0 Å². The number of esters is 1. The highest BCUT2D eigenvalue weighted by molar-refractivity contribution is 5.81. The van der Waals surface area contributed by atoms with Crippen LogP contribution in [0, 0.1) is 0 Å². The number of nitrogens with two attached hydrogens (primary N) is 1. The second kappa shape index (κ2) is 7.47. The van der Waals surface area contributed by atoms with Crippen molar-refractivity contribution in [1.29, 1.82) is 0 Å². The maximum absolute atomic E-state index is 12.0. The summed E-state index contributed by atoms with van der Waals surface area (Å²) in [5.74, 6) is -0.423. The lowest BCUT2D eigenvalue weighted by Crippen LogP contribution is -2.45. The van der Waals surface area contributed by atoms with Crippen molar-refractivity contribution in [3.05, 3.63) is 0 Å². The van der Waals surface area contributed by atoms with Crippen molar-refractivity contribution in [3.63, 3.8) is 0 Å². The molecule has 0 bridgehead atoms. The summed E-state index contributed by atoms with van der Waals surface area (Å²) in [5.41, 5.74) is 4.87. The number of hydrogen-bond donors (Lipinski definition) is 2. The SMILES string of the molecule is CC(C)(C)OC(=O)N[C@@H](CCN)C(=O)OC1CCCC1. The third kappa shape index (κ3) is 6.23. The van der Waals surface area contributed by atoms with E-state index in [1.54, 1.807) is 20.8 Å². The van der Waals surface area contributed by atoms with E-state index in [1.165, 1.54) is 0 Å². The molecule has 0 saturated heterocycles. The Morgan fingerprint density at radius 3 is 2.40 bits per heavy atom. The number of carbonyl (C=O) groups is 2. The number of amides is 1. The van der Waals surface area contributed by atoms with E-state index in [1.807, 2.05) is 0 Å². The zero-order valence-electron chi connectivity index (χ0n) is 12.6. The lowest BCUT2D eigenvalue weighted by atomic mass is 10.2. The third-order valence-corrected chi connectivity index (χ3v) is 3.02. The number of carbonyl (C=O) groups excluding carboxylic acids is 2. The Kier molecular flexibility index (Phi) is 6.26. The van der Waals surface area contributed by atoms with E-state index in [-0.39, 0.29) is 6.10 Å². The van der Waals surface area contributed by atoms with E-state index in [9.17, 15) is 9.59 Å². The molecule has 0 aromatic rings. The van der Waals surface area contributed by atoms with Gasteiger partial charge < -0.3 is 20.5 Å². The van der Waals surface area contributed by atoms with Crippen LogP contribution in [0.5, 0.6) is 0 Å². The van der Waals surface area contributed by atoms with Crippen molar-refractivity contribution in [2.24, 2.45) is 5.73 Å². The molecule has 1 amide bonds. The van der Waals surface area contributed by atoms with Gasteiger partial charge in [0.05, 0.1) is 0 Å². The molecule has 1 fully saturated rings. The van der Waals surface area contributed by atoms with E-state index in [0.717, 1.165) is 25.7 Å². The lowest BCUT2D eigenvalue weighted by molar-refractivity contribution is -0.151. The summed E-state index contributed by atoms with van der Waals surface area (Å²) in [6, 6.07) is -0.740. The fourth-order valence-corrected chi connectivity index (χ4v) is 2.12. The quantitative estimate of drug-likeness (QED) is 0.751. The van der Waals surface area contributed by atoms with E-state index in [2.05, 4.69) is 5.32 Å². The van der Waals surface area contributed by atoms with Gasteiger partial charge in [0.25, 0.3) is 0 Å². The molecule has 3 N–H and O–H groups in total. The van der Waals surface area contributed by atoms with Gasteiger partial charge in [0.2, 0.25) is 0 Å². The number of hydrogen-bond acceptors (Lipinski definition) is 5. The van der Waals surface area contributed by atoms with Crippen LogP contribution in [0.1, 0.15) is 52.9 Å². The summed E-state index contributed by atoms with van der Waals surface area (Å²) >= 11 is 0. The zero-order chi connectivity index (χ0) is 15.2. The maximum atomic E-state index is 12.0. The molecule has 0 spiro atoms. The van der Waals surface area contributed by atoms with E-state index < -0.39 is 23.7 Å². The first-order valence-corrected chi connectivity index (χ1v) is 7.22. The highest BCUT2D eigenvalue weighted by atomic mass is 16.6. The van der Waals surface area contributed by atoms with Gasteiger partial charge in [-0.1, -0.05) is 0 Å². The number of nitrogens with one attached hydrogen (secondary N) is 1. The van der Waals surface area contributed by atoms with Crippen molar-refractivity contribution >= 4 is 12.1 Å². The molecule has 0 aromatic heterocycles. The molecule has 1 atom stereocenters. The van der Waals surface area contributed by atoms with E-state index >= 15 is 0 Å². The smallest absolute Gasteiger partial charge is 0.408 e. The summed E-state index contributed by atoms with van der Waals surface area (Å²) in [6.07, 6.45) is 3.65. The topological polar surface area (TPSA) is 90.6 Å². The fourth-order valence-electron chi connectivity index (χ4n) is 2.12. The minimum atomic E-state index is -0.740. The first kappa shape index (κ1) is 16.8. The molecule has 1 aliphatic carbocycles. The molecule has 0 aromatic carbocycles.